The van der Waals surface area contributed by atoms with Crippen LogP contribution in [0.5, 0.6) is 0 Å². The molecule has 0 saturated carbocycles. The van der Waals surface area contributed by atoms with Crippen molar-refractivity contribution < 1.29 is 19.1 Å². The first-order valence-electron chi connectivity index (χ1n) is 18.8. The SMILES string of the molecule is CCCCCCCCCCCC(=O)OCCN(CCCN(C)CCCN(C)C)CCOC(=O)CCCCCCCCCCC. The Balaban J connectivity index is 4.23. The van der Waals surface area contributed by atoms with Gasteiger partial charge in [-0.2, -0.15) is 0 Å². The second kappa shape index (κ2) is 33.2. The number of rotatable bonds is 34. The van der Waals surface area contributed by atoms with Gasteiger partial charge in [-0.1, -0.05) is 117 Å². The maximum atomic E-state index is 12.3. The third-order valence-corrected chi connectivity index (χ3v) is 8.47. The van der Waals surface area contributed by atoms with E-state index in [2.05, 4.69) is 49.7 Å². The van der Waals surface area contributed by atoms with Crippen molar-refractivity contribution in [3.8, 4) is 0 Å². The van der Waals surface area contributed by atoms with Crippen molar-refractivity contribution in [1.82, 2.24) is 14.7 Å². The Bertz CT molecular complexity index is 592. The Morgan fingerprint density at radius 2 is 0.795 bits per heavy atom. The van der Waals surface area contributed by atoms with Crippen molar-refractivity contribution in [1.29, 1.82) is 0 Å². The third-order valence-electron chi connectivity index (χ3n) is 8.47. The molecule has 262 valence electrons. The number of hydrogen-bond donors (Lipinski definition) is 0. The molecule has 7 heteroatoms. The molecule has 0 aliphatic carbocycles. The quantitative estimate of drug-likeness (QED) is 0.0525. The Hall–Kier alpha value is -1.18. The summed E-state index contributed by atoms with van der Waals surface area (Å²) in [4.78, 5) is 31.5. The van der Waals surface area contributed by atoms with E-state index in [4.69, 9.17) is 9.47 Å². The zero-order valence-corrected chi connectivity index (χ0v) is 30.2. The minimum absolute atomic E-state index is 0.0825. The Morgan fingerprint density at radius 1 is 0.432 bits per heavy atom. The van der Waals surface area contributed by atoms with Crippen LogP contribution in [0.25, 0.3) is 0 Å². The van der Waals surface area contributed by atoms with E-state index < -0.39 is 0 Å². The lowest BCUT2D eigenvalue weighted by atomic mass is 10.1. The Morgan fingerprint density at radius 3 is 1.18 bits per heavy atom. The van der Waals surface area contributed by atoms with Gasteiger partial charge in [0.05, 0.1) is 0 Å². The van der Waals surface area contributed by atoms with Crippen molar-refractivity contribution >= 4 is 11.9 Å². The maximum Gasteiger partial charge on any atom is 0.305 e. The van der Waals surface area contributed by atoms with Crippen LogP contribution in [0.3, 0.4) is 0 Å². The van der Waals surface area contributed by atoms with Crippen molar-refractivity contribution in [2.75, 3.05) is 73.6 Å². The van der Waals surface area contributed by atoms with Crippen LogP contribution in [-0.2, 0) is 19.1 Å². The highest BCUT2D eigenvalue weighted by Gasteiger charge is 2.11. The summed E-state index contributed by atoms with van der Waals surface area (Å²) in [5, 5.41) is 0. The summed E-state index contributed by atoms with van der Waals surface area (Å²) in [6.07, 6.45) is 25.6. The summed E-state index contributed by atoms with van der Waals surface area (Å²) in [5.74, 6) is -0.165. The molecule has 0 fully saturated rings. The van der Waals surface area contributed by atoms with Crippen LogP contribution in [0.1, 0.15) is 155 Å². The molecular formula is C37H75N3O4. The van der Waals surface area contributed by atoms with E-state index in [1.54, 1.807) is 0 Å². The summed E-state index contributed by atoms with van der Waals surface area (Å²) in [6, 6.07) is 0. The number of esters is 2. The second-order valence-electron chi connectivity index (χ2n) is 13.3. The van der Waals surface area contributed by atoms with E-state index in [9.17, 15) is 9.59 Å². The average Bonchev–Trinajstić information content (AvgIpc) is 2.99. The number of carbonyl (C=O) groups is 2. The summed E-state index contributed by atoms with van der Waals surface area (Å²) in [7, 11) is 6.41. The predicted octanol–water partition coefficient (Wildman–Crippen LogP) is 8.49. The number of nitrogens with zero attached hydrogens (tertiary/aromatic N) is 3. The van der Waals surface area contributed by atoms with Crippen molar-refractivity contribution in [2.45, 2.75) is 155 Å². The topological polar surface area (TPSA) is 62.3 Å². The van der Waals surface area contributed by atoms with Crippen molar-refractivity contribution in [2.24, 2.45) is 0 Å². The molecule has 0 atom stereocenters. The molecular weight excluding hydrogens is 550 g/mol. The van der Waals surface area contributed by atoms with Crippen LogP contribution in [0.2, 0.25) is 0 Å². The summed E-state index contributed by atoms with van der Waals surface area (Å²) in [6.45, 7) is 10.8. The Kier molecular flexibility index (Phi) is 32.3. The molecule has 0 rings (SSSR count). The largest absolute Gasteiger partial charge is 0.464 e. The zero-order valence-electron chi connectivity index (χ0n) is 30.2. The molecule has 44 heavy (non-hydrogen) atoms. The van der Waals surface area contributed by atoms with E-state index in [0.29, 0.717) is 39.1 Å². The van der Waals surface area contributed by atoms with Crippen molar-refractivity contribution in [3.05, 3.63) is 0 Å². The third kappa shape index (κ3) is 32.2. The monoisotopic (exact) mass is 626 g/mol. The zero-order chi connectivity index (χ0) is 32.5. The molecule has 0 aromatic heterocycles. The predicted molar refractivity (Wildman–Crippen MR) is 187 cm³/mol. The van der Waals surface area contributed by atoms with E-state index in [1.165, 1.54) is 89.9 Å². The highest BCUT2D eigenvalue weighted by atomic mass is 16.5. The first kappa shape index (κ1) is 42.8. The summed E-state index contributed by atoms with van der Waals surface area (Å²) in [5.41, 5.74) is 0. The van der Waals surface area contributed by atoms with Gasteiger partial charge in [0.25, 0.3) is 0 Å². The minimum Gasteiger partial charge on any atom is -0.464 e. The van der Waals surface area contributed by atoms with Gasteiger partial charge in [0, 0.05) is 25.9 Å². The number of ether oxygens (including phenoxy) is 2. The second-order valence-corrected chi connectivity index (χ2v) is 13.3. The lowest BCUT2D eigenvalue weighted by Gasteiger charge is -2.24. The fraction of sp³-hybridized carbons (Fsp3) is 0.946. The first-order chi connectivity index (χ1) is 21.4. The smallest absolute Gasteiger partial charge is 0.305 e. The van der Waals surface area contributed by atoms with Crippen LogP contribution in [0.4, 0.5) is 0 Å². The van der Waals surface area contributed by atoms with Gasteiger partial charge >= 0.3 is 11.9 Å². The fourth-order valence-electron chi connectivity index (χ4n) is 5.55. The molecule has 0 aromatic rings. The van der Waals surface area contributed by atoms with E-state index in [0.717, 1.165) is 64.7 Å². The molecule has 0 bridgehead atoms. The van der Waals surface area contributed by atoms with Gasteiger partial charge in [0.15, 0.2) is 0 Å². The first-order valence-corrected chi connectivity index (χ1v) is 18.8. The van der Waals surface area contributed by atoms with E-state index in [-0.39, 0.29) is 11.9 Å². The fourth-order valence-corrected chi connectivity index (χ4v) is 5.55. The van der Waals surface area contributed by atoms with Gasteiger partial charge in [0.2, 0.25) is 0 Å². The number of carbonyl (C=O) groups excluding carboxylic acids is 2. The van der Waals surface area contributed by atoms with Gasteiger partial charge in [0.1, 0.15) is 13.2 Å². The maximum absolute atomic E-state index is 12.3. The molecule has 0 aromatic carbocycles. The van der Waals surface area contributed by atoms with E-state index in [1.807, 2.05) is 0 Å². The van der Waals surface area contributed by atoms with Gasteiger partial charge < -0.3 is 19.3 Å². The van der Waals surface area contributed by atoms with Gasteiger partial charge in [-0.05, 0) is 73.0 Å². The number of unbranched alkanes of at least 4 members (excludes halogenated alkanes) is 16. The summed E-state index contributed by atoms with van der Waals surface area (Å²) < 4.78 is 11.2. The van der Waals surface area contributed by atoms with Crippen molar-refractivity contribution in [3.63, 3.8) is 0 Å². The highest BCUT2D eigenvalue weighted by molar-refractivity contribution is 5.69. The normalized spacial score (nSPS) is 11.6. The van der Waals surface area contributed by atoms with Crippen LogP contribution >= 0.6 is 0 Å². The molecule has 0 radical (unpaired) electrons. The molecule has 0 heterocycles. The van der Waals surface area contributed by atoms with Crippen LogP contribution < -0.4 is 0 Å². The molecule has 0 N–H and O–H groups in total. The molecule has 0 aliphatic heterocycles. The lowest BCUT2D eigenvalue weighted by Crippen LogP contribution is -2.35. The molecule has 7 nitrogen and oxygen atoms in total. The van der Waals surface area contributed by atoms with Crippen LogP contribution in [-0.4, -0.2) is 100 Å². The van der Waals surface area contributed by atoms with Gasteiger partial charge in [-0.25, -0.2) is 0 Å². The average molecular weight is 626 g/mol. The van der Waals surface area contributed by atoms with E-state index >= 15 is 0 Å². The number of hydrogen-bond acceptors (Lipinski definition) is 7. The molecule has 0 unspecified atom stereocenters. The van der Waals surface area contributed by atoms with Gasteiger partial charge in [-0.15, -0.1) is 0 Å². The molecule has 0 aliphatic rings. The standard InChI is InChI=1S/C37H75N3O4/c1-6-8-10-12-14-16-18-20-22-26-36(41)43-34-32-40(31-25-30-39(5)29-24-28-38(3)4)33-35-44-37(42)27-23-21-19-17-15-13-11-9-7-2/h6-35H2,1-5H3. The minimum atomic E-state index is -0.0825. The van der Waals surface area contributed by atoms with Gasteiger partial charge in [-0.3, -0.25) is 14.5 Å². The van der Waals surface area contributed by atoms with Crippen LogP contribution in [0.15, 0.2) is 0 Å². The van der Waals surface area contributed by atoms with Crippen LogP contribution in [0, 0.1) is 0 Å². The summed E-state index contributed by atoms with van der Waals surface area (Å²) >= 11 is 0. The molecule has 0 spiro atoms. The molecule has 0 amide bonds. The highest BCUT2D eigenvalue weighted by Crippen LogP contribution is 2.12. The Labute approximate surface area is 274 Å². The lowest BCUT2D eigenvalue weighted by molar-refractivity contribution is -0.144. The molecule has 0 saturated heterocycles.